The number of rotatable bonds is 9. The van der Waals surface area contributed by atoms with E-state index in [9.17, 15) is 62.3 Å². The van der Waals surface area contributed by atoms with Crippen LogP contribution in [-0.4, -0.2) is 54.5 Å². The first-order valence-electron chi connectivity index (χ1n) is 9.98. The van der Waals surface area contributed by atoms with Crippen LogP contribution in [-0.2, 0) is 22.4 Å². The maximum Gasteiger partial charge on any atom is 0.393 e. The van der Waals surface area contributed by atoms with Crippen LogP contribution in [0.2, 0.25) is 0 Å². The fraction of sp³-hybridized carbons (Fsp3) is 0.684. The summed E-state index contributed by atoms with van der Waals surface area (Å²) in [6.45, 7) is 2.83. The summed E-state index contributed by atoms with van der Waals surface area (Å²) < 4.78 is 166. The standard InChI is InChI=1S/C19H17F12NO3S/c1-3-35-12(33)10-8-5-4-7(2)6-9(8)36-11(10)32-14(34)16(24,25)18(28,29)19(30,31)17(26,27)15(22,23)13(20)21/h7,13H,3-6H2,1-2H3,(H,32,34)/t7-/m1/s1. The molecule has 0 bridgehead atoms. The molecule has 0 spiro atoms. The molecular weight excluding hydrogens is 550 g/mol. The van der Waals surface area contributed by atoms with Crippen molar-refractivity contribution in [2.45, 2.75) is 69.1 Å². The fourth-order valence-corrected chi connectivity index (χ4v) is 4.72. The summed E-state index contributed by atoms with van der Waals surface area (Å²) in [5, 5.41) is 0.228. The van der Waals surface area contributed by atoms with Crippen molar-refractivity contribution in [1.82, 2.24) is 0 Å². The first-order chi connectivity index (χ1) is 16.2. The number of anilines is 1. The number of nitrogens with one attached hydrogen (secondary N) is 1. The van der Waals surface area contributed by atoms with Gasteiger partial charge in [-0.05, 0) is 37.7 Å². The molecule has 0 saturated carbocycles. The molecule has 0 unspecified atom stereocenters. The van der Waals surface area contributed by atoms with E-state index in [1.54, 1.807) is 6.92 Å². The quantitative estimate of drug-likeness (QED) is 0.277. The van der Waals surface area contributed by atoms with Crippen molar-refractivity contribution in [1.29, 1.82) is 0 Å². The number of ether oxygens (including phenoxy) is 1. The Kier molecular flexibility index (Phi) is 8.00. The molecule has 1 aliphatic rings. The third-order valence-corrected chi connectivity index (χ3v) is 6.55. The summed E-state index contributed by atoms with van der Waals surface area (Å²) in [5.41, 5.74) is -0.368. The van der Waals surface area contributed by atoms with Crippen LogP contribution in [0.15, 0.2) is 0 Å². The molecule has 1 amide bonds. The number of halogens is 12. The van der Waals surface area contributed by atoms with Gasteiger partial charge < -0.3 is 10.1 Å². The van der Waals surface area contributed by atoms with E-state index in [4.69, 9.17) is 4.74 Å². The minimum absolute atomic E-state index is 0.00190. The van der Waals surface area contributed by atoms with Crippen LogP contribution in [0, 0.1) is 5.92 Å². The first kappa shape index (κ1) is 30.0. The highest BCUT2D eigenvalue weighted by Crippen LogP contribution is 2.58. The third kappa shape index (κ3) is 4.51. The molecule has 1 aliphatic carbocycles. The number of hydrogen-bond acceptors (Lipinski definition) is 4. The number of thiophene rings is 1. The number of hydrogen-bond donors (Lipinski definition) is 1. The number of carbonyl (C=O) groups excluding carboxylic acids is 2. The van der Waals surface area contributed by atoms with E-state index in [2.05, 4.69) is 0 Å². The van der Waals surface area contributed by atoms with Crippen molar-refractivity contribution in [3.8, 4) is 0 Å². The number of amides is 1. The van der Waals surface area contributed by atoms with Crippen LogP contribution >= 0.6 is 11.3 Å². The number of carbonyl (C=O) groups is 2. The topological polar surface area (TPSA) is 55.4 Å². The molecule has 4 nitrogen and oxygen atoms in total. The van der Waals surface area contributed by atoms with Crippen LogP contribution < -0.4 is 5.32 Å². The lowest BCUT2D eigenvalue weighted by atomic mass is 9.88. The molecule has 1 atom stereocenters. The number of fused-ring (bicyclic) bond motifs is 1. The van der Waals surface area contributed by atoms with E-state index in [0.717, 1.165) is 5.32 Å². The molecule has 0 aromatic carbocycles. The van der Waals surface area contributed by atoms with Crippen molar-refractivity contribution >= 4 is 28.2 Å². The fourth-order valence-electron chi connectivity index (χ4n) is 3.32. The normalized spacial score (nSPS) is 17.7. The summed E-state index contributed by atoms with van der Waals surface area (Å²) in [6, 6.07) is 0. The number of esters is 1. The van der Waals surface area contributed by atoms with Gasteiger partial charge in [0.1, 0.15) is 5.00 Å². The van der Waals surface area contributed by atoms with Gasteiger partial charge in [-0.3, -0.25) is 4.79 Å². The lowest BCUT2D eigenvalue weighted by Gasteiger charge is -2.38. The molecule has 1 aromatic heterocycles. The maximum atomic E-state index is 14.2. The monoisotopic (exact) mass is 567 g/mol. The van der Waals surface area contributed by atoms with Crippen LogP contribution in [0.4, 0.5) is 57.7 Å². The van der Waals surface area contributed by atoms with Gasteiger partial charge in [0.2, 0.25) is 0 Å². The zero-order chi connectivity index (χ0) is 28.1. The second-order valence-electron chi connectivity index (χ2n) is 7.95. The van der Waals surface area contributed by atoms with E-state index >= 15 is 0 Å². The first-order valence-corrected chi connectivity index (χ1v) is 10.8. The predicted octanol–water partition coefficient (Wildman–Crippen LogP) is 6.43. The molecule has 2 rings (SSSR count). The highest BCUT2D eigenvalue weighted by Gasteiger charge is 2.89. The lowest BCUT2D eigenvalue weighted by Crippen LogP contribution is -2.70. The Labute approximate surface area is 199 Å². The molecule has 1 aromatic rings. The molecular formula is C19H17F12NO3S. The van der Waals surface area contributed by atoms with E-state index in [1.165, 1.54) is 6.92 Å². The molecule has 0 saturated heterocycles. The number of alkyl halides is 12. The summed E-state index contributed by atoms with van der Waals surface area (Å²) in [5.74, 6) is -41.7. The van der Waals surface area contributed by atoms with E-state index in [1.807, 2.05) is 0 Å². The van der Waals surface area contributed by atoms with Gasteiger partial charge in [-0.15, -0.1) is 11.3 Å². The summed E-state index contributed by atoms with van der Waals surface area (Å²) in [4.78, 5) is 24.6. The van der Waals surface area contributed by atoms with Gasteiger partial charge >= 0.3 is 47.9 Å². The molecule has 1 heterocycles. The summed E-state index contributed by atoms with van der Waals surface area (Å²) in [7, 11) is 0. The molecule has 1 N–H and O–H groups in total. The summed E-state index contributed by atoms with van der Waals surface area (Å²) in [6.07, 6.45) is -4.79. The van der Waals surface area contributed by atoms with Crippen molar-refractivity contribution < 1.29 is 67.0 Å². The average molecular weight is 567 g/mol. The zero-order valence-corrected chi connectivity index (χ0v) is 19.0. The minimum atomic E-state index is -7.84. The minimum Gasteiger partial charge on any atom is -0.462 e. The molecule has 0 fully saturated rings. The van der Waals surface area contributed by atoms with E-state index in [0.29, 0.717) is 22.6 Å². The van der Waals surface area contributed by atoms with Crippen molar-refractivity contribution in [3.05, 3.63) is 16.0 Å². The Morgan fingerprint density at radius 1 is 1.00 bits per heavy atom. The predicted molar refractivity (Wildman–Crippen MR) is 101 cm³/mol. The van der Waals surface area contributed by atoms with Crippen LogP contribution in [0.5, 0.6) is 0 Å². The molecule has 36 heavy (non-hydrogen) atoms. The molecule has 206 valence electrons. The maximum absolute atomic E-state index is 14.2. The molecule has 17 heteroatoms. The van der Waals surface area contributed by atoms with Crippen molar-refractivity contribution in [3.63, 3.8) is 0 Å². The largest absolute Gasteiger partial charge is 0.462 e. The average Bonchev–Trinajstić information content (AvgIpc) is 3.09. The van der Waals surface area contributed by atoms with Crippen molar-refractivity contribution in [2.24, 2.45) is 5.92 Å². The molecule has 0 aliphatic heterocycles. The summed E-state index contributed by atoms with van der Waals surface area (Å²) >= 11 is 0.430. The Balaban J connectivity index is 2.51. The van der Waals surface area contributed by atoms with E-state index < -0.39 is 58.5 Å². The van der Waals surface area contributed by atoms with Gasteiger partial charge in [-0.2, -0.15) is 43.9 Å². The van der Waals surface area contributed by atoms with Crippen LogP contribution in [0.25, 0.3) is 0 Å². The Bertz CT molecular complexity index is 1010. The van der Waals surface area contributed by atoms with Crippen LogP contribution in [0.1, 0.15) is 41.1 Å². The second-order valence-corrected chi connectivity index (χ2v) is 9.06. The smallest absolute Gasteiger partial charge is 0.393 e. The highest BCUT2D eigenvalue weighted by atomic mass is 32.1. The SMILES string of the molecule is CCOC(=O)c1c(NC(=O)C(F)(F)C(F)(F)C(F)(F)C(F)(F)C(F)(F)C(F)F)sc2c1CC[C@@H](C)C2. The molecule has 0 radical (unpaired) electrons. The highest BCUT2D eigenvalue weighted by molar-refractivity contribution is 7.17. The Hall–Kier alpha value is -2.20. The van der Waals surface area contributed by atoms with Crippen LogP contribution in [0.3, 0.4) is 0 Å². The van der Waals surface area contributed by atoms with Gasteiger partial charge in [-0.1, -0.05) is 6.92 Å². The van der Waals surface area contributed by atoms with Gasteiger partial charge in [0, 0.05) is 4.88 Å². The Morgan fingerprint density at radius 3 is 2.06 bits per heavy atom. The van der Waals surface area contributed by atoms with E-state index in [-0.39, 0.29) is 30.9 Å². The Morgan fingerprint density at radius 2 is 1.56 bits per heavy atom. The van der Waals surface area contributed by atoms with Gasteiger partial charge in [0.25, 0.3) is 0 Å². The van der Waals surface area contributed by atoms with Gasteiger partial charge in [0.05, 0.1) is 12.2 Å². The van der Waals surface area contributed by atoms with Gasteiger partial charge in [-0.25, -0.2) is 13.6 Å². The second kappa shape index (κ2) is 9.59. The lowest BCUT2D eigenvalue weighted by molar-refractivity contribution is -0.406. The zero-order valence-electron chi connectivity index (χ0n) is 18.2. The third-order valence-electron chi connectivity index (χ3n) is 5.38. The van der Waals surface area contributed by atoms with Crippen molar-refractivity contribution in [2.75, 3.05) is 11.9 Å². The van der Waals surface area contributed by atoms with Gasteiger partial charge in [0.15, 0.2) is 0 Å².